The number of rotatable bonds is 5. The van der Waals surface area contributed by atoms with E-state index in [1.165, 1.54) is 0 Å². The maximum atomic E-state index is 12.6. The third-order valence-corrected chi connectivity index (χ3v) is 4.79. The molecule has 0 spiro atoms. The zero-order valence-electron chi connectivity index (χ0n) is 14.7. The number of furan rings is 1. The molecule has 2 aromatic heterocycles. The van der Waals surface area contributed by atoms with Gasteiger partial charge in [-0.2, -0.15) is 0 Å². The second kappa shape index (κ2) is 7.21. The highest BCUT2D eigenvalue weighted by molar-refractivity contribution is 5.76. The topological polar surface area (TPSA) is 54.5 Å². The summed E-state index contributed by atoms with van der Waals surface area (Å²) in [4.78, 5) is 21.5. The molecule has 6 nitrogen and oxygen atoms in total. The van der Waals surface area contributed by atoms with Gasteiger partial charge in [0.25, 0.3) is 0 Å². The van der Waals surface area contributed by atoms with Crippen molar-refractivity contribution in [3.05, 3.63) is 41.9 Å². The molecule has 1 amide bonds. The molecule has 0 aromatic carbocycles. The van der Waals surface area contributed by atoms with Crippen LogP contribution in [0, 0.1) is 6.92 Å². The second-order valence-electron chi connectivity index (χ2n) is 6.39. The highest BCUT2D eigenvalue weighted by Gasteiger charge is 2.31. The highest BCUT2D eigenvalue weighted by Crippen LogP contribution is 2.24. The lowest BCUT2D eigenvalue weighted by molar-refractivity contribution is -0.134. The Kier molecular flexibility index (Phi) is 5.04. The minimum absolute atomic E-state index is 0.165. The van der Waals surface area contributed by atoms with Crippen molar-refractivity contribution in [3.63, 3.8) is 0 Å². The standard InChI is InChI=1S/C18H26N4O2/c1-4-21-11-12-22(13-16(21)18-19-9-10-20(18)3)17(23)8-7-15-6-5-14(2)24-15/h5-6,9-10,16H,4,7-8,11-13H2,1-3H3/t16-/m0/s1. The zero-order valence-corrected chi connectivity index (χ0v) is 14.7. The summed E-state index contributed by atoms with van der Waals surface area (Å²) in [7, 11) is 2.01. The van der Waals surface area contributed by atoms with Crippen LogP contribution in [0.1, 0.15) is 36.7 Å². The van der Waals surface area contributed by atoms with Gasteiger partial charge in [-0.1, -0.05) is 6.92 Å². The largest absolute Gasteiger partial charge is 0.466 e. The van der Waals surface area contributed by atoms with Gasteiger partial charge in [0.05, 0.1) is 6.04 Å². The molecule has 130 valence electrons. The molecule has 0 saturated carbocycles. The van der Waals surface area contributed by atoms with E-state index in [-0.39, 0.29) is 11.9 Å². The minimum atomic E-state index is 0.165. The first-order valence-corrected chi connectivity index (χ1v) is 8.63. The first-order valence-electron chi connectivity index (χ1n) is 8.63. The first kappa shape index (κ1) is 16.8. The van der Waals surface area contributed by atoms with Crippen LogP contribution in [0.15, 0.2) is 28.9 Å². The Balaban J connectivity index is 1.64. The van der Waals surface area contributed by atoms with Crippen LogP contribution < -0.4 is 0 Å². The smallest absolute Gasteiger partial charge is 0.223 e. The third-order valence-electron chi connectivity index (χ3n) is 4.79. The summed E-state index contributed by atoms with van der Waals surface area (Å²) in [6, 6.07) is 4.06. The molecule has 3 heterocycles. The van der Waals surface area contributed by atoms with Crippen molar-refractivity contribution in [2.75, 3.05) is 26.2 Å². The van der Waals surface area contributed by atoms with Crippen LogP contribution in [0.3, 0.4) is 0 Å². The fourth-order valence-corrected chi connectivity index (χ4v) is 3.38. The molecule has 0 N–H and O–H groups in total. The number of aryl methyl sites for hydroxylation is 3. The van der Waals surface area contributed by atoms with E-state index in [0.29, 0.717) is 19.4 Å². The molecule has 6 heteroatoms. The molecule has 0 radical (unpaired) electrons. The predicted molar refractivity (Wildman–Crippen MR) is 91.5 cm³/mol. The summed E-state index contributed by atoms with van der Waals surface area (Å²) >= 11 is 0. The van der Waals surface area contributed by atoms with Crippen LogP contribution in [0.25, 0.3) is 0 Å². The van der Waals surface area contributed by atoms with Crippen molar-refractivity contribution >= 4 is 5.91 Å². The Bertz CT molecular complexity index is 691. The van der Waals surface area contributed by atoms with E-state index in [4.69, 9.17) is 4.42 Å². The van der Waals surface area contributed by atoms with Crippen molar-refractivity contribution < 1.29 is 9.21 Å². The Labute approximate surface area is 143 Å². The molecule has 0 unspecified atom stereocenters. The second-order valence-corrected chi connectivity index (χ2v) is 6.39. The minimum Gasteiger partial charge on any atom is -0.466 e. The molecule has 1 aliphatic rings. The van der Waals surface area contributed by atoms with Crippen molar-refractivity contribution in [2.24, 2.45) is 7.05 Å². The first-order chi connectivity index (χ1) is 11.6. The summed E-state index contributed by atoms with van der Waals surface area (Å²) < 4.78 is 7.61. The van der Waals surface area contributed by atoms with Gasteiger partial charge in [-0.25, -0.2) is 4.98 Å². The number of nitrogens with zero attached hydrogens (tertiary/aromatic N) is 4. The van der Waals surface area contributed by atoms with Gasteiger partial charge in [0.2, 0.25) is 5.91 Å². The van der Waals surface area contributed by atoms with Gasteiger partial charge in [0.15, 0.2) is 0 Å². The van der Waals surface area contributed by atoms with Gasteiger partial charge in [-0.3, -0.25) is 9.69 Å². The maximum Gasteiger partial charge on any atom is 0.223 e. The van der Waals surface area contributed by atoms with Crippen LogP contribution in [0.4, 0.5) is 0 Å². The SMILES string of the molecule is CCN1CCN(C(=O)CCc2ccc(C)o2)C[C@H]1c1nccn1C. The molecule has 0 aliphatic carbocycles. The van der Waals surface area contributed by atoms with E-state index >= 15 is 0 Å². The van der Waals surface area contributed by atoms with Crippen LogP contribution in [0.5, 0.6) is 0 Å². The number of imidazole rings is 1. The molecule has 0 bridgehead atoms. The van der Waals surface area contributed by atoms with Crippen LogP contribution in [-0.4, -0.2) is 51.4 Å². The van der Waals surface area contributed by atoms with Gasteiger partial charge >= 0.3 is 0 Å². The molecule has 1 atom stereocenters. The van der Waals surface area contributed by atoms with E-state index in [2.05, 4.69) is 16.8 Å². The summed E-state index contributed by atoms with van der Waals surface area (Å²) in [6.45, 7) is 7.42. The molecule has 1 saturated heterocycles. The lowest BCUT2D eigenvalue weighted by atomic mass is 10.1. The summed E-state index contributed by atoms with van der Waals surface area (Å²) in [5, 5.41) is 0. The third kappa shape index (κ3) is 3.53. The molecular formula is C18H26N4O2. The predicted octanol–water partition coefficient (Wildman–Crippen LogP) is 2.16. The fourth-order valence-electron chi connectivity index (χ4n) is 3.38. The quantitative estimate of drug-likeness (QED) is 0.843. The average molecular weight is 330 g/mol. The molecule has 24 heavy (non-hydrogen) atoms. The number of hydrogen-bond acceptors (Lipinski definition) is 4. The molecular weight excluding hydrogens is 304 g/mol. The summed E-state index contributed by atoms with van der Waals surface area (Å²) in [5.74, 6) is 2.99. The average Bonchev–Trinajstić information content (AvgIpc) is 3.20. The van der Waals surface area contributed by atoms with Crippen LogP contribution in [-0.2, 0) is 18.3 Å². The van der Waals surface area contributed by atoms with Crippen molar-refractivity contribution in [2.45, 2.75) is 32.7 Å². The van der Waals surface area contributed by atoms with E-state index in [0.717, 1.165) is 37.0 Å². The number of carbonyl (C=O) groups excluding carboxylic acids is 1. The fraction of sp³-hybridized carbons (Fsp3) is 0.556. The Morgan fingerprint density at radius 3 is 2.83 bits per heavy atom. The molecule has 1 aliphatic heterocycles. The lowest BCUT2D eigenvalue weighted by Gasteiger charge is -2.40. The van der Waals surface area contributed by atoms with Gasteiger partial charge in [0.1, 0.15) is 17.3 Å². The lowest BCUT2D eigenvalue weighted by Crippen LogP contribution is -2.51. The summed E-state index contributed by atoms with van der Waals surface area (Å²) in [6.07, 6.45) is 4.94. The van der Waals surface area contributed by atoms with Gasteiger partial charge < -0.3 is 13.9 Å². The molecule has 1 fully saturated rings. The zero-order chi connectivity index (χ0) is 17.1. The van der Waals surface area contributed by atoms with Gasteiger partial charge in [-0.05, 0) is 25.6 Å². The van der Waals surface area contributed by atoms with Gasteiger partial charge in [-0.15, -0.1) is 0 Å². The number of piperazine rings is 1. The van der Waals surface area contributed by atoms with E-state index in [9.17, 15) is 4.79 Å². The van der Waals surface area contributed by atoms with Gasteiger partial charge in [0, 0.05) is 51.9 Å². The Morgan fingerprint density at radius 2 is 2.21 bits per heavy atom. The van der Waals surface area contributed by atoms with Crippen LogP contribution in [0.2, 0.25) is 0 Å². The maximum absolute atomic E-state index is 12.6. The Morgan fingerprint density at radius 1 is 1.38 bits per heavy atom. The molecule has 2 aromatic rings. The number of likely N-dealkylation sites (N-methyl/N-ethyl adjacent to an activating group) is 1. The number of amides is 1. The van der Waals surface area contributed by atoms with Crippen molar-refractivity contribution in [1.29, 1.82) is 0 Å². The van der Waals surface area contributed by atoms with Crippen molar-refractivity contribution in [3.8, 4) is 0 Å². The monoisotopic (exact) mass is 330 g/mol. The number of hydrogen-bond donors (Lipinski definition) is 0. The highest BCUT2D eigenvalue weighted by atomic mass is 16.3. The Hall–Kier alpha value is -2.08. The normalized spacial score (nSPS) is 19.0. The van der Waals surface area contributed by atoms with Crippen LogP contribution >= 0.6 is 0 Å². The summed E-state index contributed by atoms with van der Waals surface area (Å²) in [5.41, 5.74) is 0. The number of carbonyl (C=O) groups is 1. The van der Waals surface area contributed by atoms with E-state index in [1.807, 2.05) is 48.0 Å². The number of aromatic nitrogens is 2. The van der Waals surface area contributed by atoms with Crippen molar-refractivity contribution in [1.82, 2.24) is 19.4 Å². The molecule has 3 rings (SSSR count). The van der Waals surface area contributed by atoms with E-state index in [1.54, 1.807) is 0 Å². The van der Waals surface area contributed by atoms with E-state index < -0.39 is 0 Å².